The molecule has 1 aromatic carbocycles. The minimum Gasteiger partial charge on any atom is -0.444 e. The first-order valence-electron chi connectivity index (χ1n) is 9.47. The van der Waals surface area contributed by atoms with Crippen molar-refractivity contribution in [2.45, 2.75) is 45.3 Å². The summed E-state index contributed by atoms with van der Waals surface area (Å²) in [6.45, 7) is 8.60. The number of amides is 1. The minimum atomic E-state index is -0.493. The first-order chi connectivity index (χ1) is 12.8. The van der Waals surface area contributed by atoms with Crippen LogP contribution in [0.25, 0.3) is 5.57 Å². The first-order valence-corrected chi connectivity index (χ1v) is 9.85. The van der Waals surface area contributed by atoms with Gasteiger partial charge in [0.2, 0.25) is 0 Å². The van der Waals surface area contributed by atoms with Crippen molar-refractivity contribution < 1.29 is 19.0 Å². The van der Waals surface area contributed by atoms with Crippen LogP contribution in [0.2, 0.25) is 5.02 Å². The Kier molecular flexibility index (Phi) is 6.45. The highest BCUT2D eigenvalue weighted by Gasteiger charge is 2.28. The zero-order chi connectivity index (χ0) is 19.4. The lowest BCUT2D eigenvalue weighted by molar-refractivity contribution is -0.0415. The maximum Gasteiger partial charge on any atom is 0.410 e. The molecule has 5 nitrogen and oxygen atoms in total. The second-order valence-corrected chi connectivity index (χ2v) is 8.40. The normalized spacial score (nSPS) is 21.0. The minimum absolute atomic E-state index is 0.0597. The highest BCUT2D eigenvalue weighted by atomic mass is 35.5. The summed E-state index contributed by atoms with van der Waals surface area (Å²) in [5.74, 6) is 0. The van der Waals surface area contributed by atoms with E-state index in [1.807, 2.05) is 26.8 Å². The van der Waals surface area contributed by atoms with Crippen molar-refractivity contribution in [1.29, 1.82) is 0 Å². The smallest absolute Gasteiger partial charge is 0.410 e. The molecule has 1 fully saturated rings. The summed E-state index contributed by atoms with van der Waals surface area (Å²) in [5, 5.41) is 0.750. The number of hydrogen-bond acceptors (Lipinski definition) is 4. The van der Waals surface area contributed by atoms with E-state index in [2.05, 4.69) is 18.2 Å². The van der Waals surface area contributed by atoms with E-state index in [0.717, 1.165) is 29.2 Å². The highest BCUT2D eigenvalue weighted by Crippen LogP contribution is 2.29. The Morgan fingerprint density at radius 2 is 2.15 bits per heavy atom. The average Bonchev–Trinajstić information content (AvgIpc) is 2.61. The maximum atomic E-state index is 12.3. The van der Waals surface area contributed by atoms with Gasteiger partial charge in [-0.2, -0.15) is 0 Å². The molecule has 6 heteroatoms. The third kappa shape index (κ3) is 5.71. The molecule has 3 rings (SSSR count). The Morgan fingerprint density at radius 3 is 2.81 bits per heavy atom. The molecule has 0 aliphatic carbocycles. The molecule has 0 bridgehead atoms. The van der Waals surface area contributed by atoms with Crippen LogP contribution in [-0.4, -0.2) is 55.6 Å². The largest absolute Gasteiger partial charge is 0.444 e. The number of rotatable bonds is 3. The monoisotopic (exact) mass is 393 g/mol. The molecule has 0 aromatic heterocycles. The second kappa shape index (κ2) is 8.63. The van der Waals surface area contributed by atoms with E-state index in [0.29, 0.717) is 32.7 Å². The fraction of sp³-hybridized carbons (Fsp3) is 0.571. The molecule has 2 aliphatic heterocycles. The number of benzene rings is 1. The van der Waals surface area contributed by atoms with E-state index in [4.69, 9.17) is 25.8 Å². The predicted octanol–water partition coefficient (Wildman–Crippen LogP) is 4.32. The van der Waals surface area contributed by atoms with Crippen molar-refractivity contribution in [3.63, 3.8) is 0 Å². The Morgan fingerprint density at radius 1 is 1.33 bits per heavy atom. The van der Waals surface area contributed by atoms with Crippen LogP contribution in [0.1, 0.15) is 38.3 Å². The number of ether oxygens (including phenoxy) is 3. The zero-order valence-electron chi connectivity index (χ0n) is 16.3. The van der Waals surface area contributed by atoms with Gasteiger partial charge >= 0.3 is 6.09 Å². The van der Waals surface area contributed by atoms with E-state index >= 15 is 0 Å². The molecular weight excluding hydrogens is 366 g/mol. The molecule has 1 saturated heterocycles. The number of carbonyl (C=O) groups is 1. The summed E-state index contributed by atoms with van der Waals surface area (Å²) in [5.41, 5.74) is 2.92. The van der Waals surface area contributed by atoms with E-state index in [-0.39, 0.29) is 12.2 Å². The van der Waals surface area contributed by atoms with Gasteiger partial charge in [-0.25, -0.2) is 4.79 Å². The quantitative estimate of drug-likeness (QED) is 0.767. The molecule has 0 saturated carbocycles. The van der Waals surface area contributed by atoms with Crippen LogP contribution >= 0.6 is 11.6 Å². The SMILES string of the molecule is CC(C)(C)OC(=O)N1CCOC(Cc2ccc(C3=CCOCC3)c(Cl)c2)C1. The summed E-state index contributed by atoms with van der Waals surface area (Å²) in [6, 6.07) is 6.17. The Hall–Kier alpha value is -1.56. The summed E-state index contributed by atoms with van der Waals surface area (Å²) in [4.78, 5) is 14.0. The molecule has 1 atom stereocenters. The van der Waals surface area contributed by atoms with Crippen molar-refractivity contribution in [2.24, 2.45) is 0 Å². The van der Waals surface area contributed by atoms with Gasteiger partial charge in [0.1, 0.15) is 5.60 Å². The summed E-state index contributed by atoms with van der Waals surface area (Å²) in [7, 11) is 0. The Labute approximate surface area is 166 Å². The van der Waals surface area contributed by atoms with Gasteiger partial charge in [0, 0.05) is 18.0 Å². The lowest BCUT2D eigenvalue weighted by Crippen LogP contribution is -2.48. The van der Waals surface area contributed by atoms with Crippen LogP contribution in [0.5, 0.6) is 0 Å². The summed E-state index contributed by atoms with van der Waals surface area (Å²) in [6.07, 6.45) is 3.34. The summed E-state index contributed by atoms with van der Waals surface area (Å²) < 4.78 is 16.7. The molecule has 2 heterocycles. The van der Waals surface area contributed by atoms with E-state index in [9.17, 15) is 4.79 Å². The predicted molar refractivity (Wildman–Crippen MR) is 106 cm³/mol. The van der Waals surface area contributed by atoms with Crippen LogP contribution in [0.15, 0.2) is 24.3 Å². The van der Waals surface area contributed by atoms with Crippen molar-refractivity contribution in [3.8, 4) is 0 Å². The molecule has 0 spiro atoms. The number of morpholine rings is 1. The molecule has 1 unspecified atom stereocenters. The maximum absolute atomic E-state index is 12.3. The van der Waals surface area contributed by atoms with Crippen LogP contribution in [0.4, 0.5) is 4.79 Å². The number of hydrogen-bond donors (Lipinski definition) is 0. The van der Waals surface area contributed by atoms with E-state index in [1.165, 1.54) is 5.57 Å². The lowest BCUT2D eigenvalue weighted by atomic mass is 9.98. The van der Waals surface area contributed by atoms with Crippen molar-refractivity contribution >= 4 is 23.3 Å². The average molecular weight is 394 g/mol. The van der Waals surface area contributed by atoms with Crippen molar-refractivity contribution in [2.75, 3.05) is 32.9 Å². The molecule has 1 aromatic rings. The van der Waals surface area contributed by atoms with Gasteiger partial charge in [-0.15, -0.1) is 0 Å². The Balaban J connectivity index is 1.62. The first kappa shape index (κ1) is 20.2. The third-order valence-corrected chi connectivity index (χ3v) is 4.91. The van der Waals surface area contributed by atoms with Gasteiger partial charge in [0.15, 0.2) is 0 Å². The lowest BCUT2D eigenvalue weighted by Gasteiger charge is -2.34. The van der Waals surface area contributed by atoms with E-state index in [1.54, 1.807) is 4.90 Å². The van der Waals surface area contributed by atoms with Crippen LogP contribution in [0, 0.1) is 0 Å². The van der Waals surface area contributed by atoms with Crippen LogP contribution in [0.3, 0.4) is 0 Å². The second-order valence-electron chi connectivity index (χ2n) is 7.99. The van der Waals surface area contributed by atoms with Gasteiger partial charge in [0.05, 0.1) is 32.5 Å². The fourth-order valence-corrected chi connectivity index (χ4v) is 3.64. The van der Waals surface area contributed by atoms with Gasteiger partial charge < -0.3 is 19.1 Å². The van der Waals surface area contributed by atoms with Crippen molar-refractivity contribution in [1.82, 2.24) is 4.90 Å². The van der Waals surface area contributed by atoms with Crippen LogP contribution < -0.4 is 0 Å². The molecule has 148 valence electrons. The summed E-state index contributed by atoms with van der Waals surface area (Å²) >= 11 is 6.53. The topological polar surface area (TPSA) is 48.0 Å². The van der Waals surface area contributed by atoms with Gasteiger partial charge in [-0.3, -0.25) is 0 Å². The molecular formula is C21H28ClNO4. The molecule has 2 aliphatic rings. The van der Waals surface area contributed by atoms with Gasteiger partial charge in [-0.1, -0.05) is 29.8 Å². The fourth-order valence-electron chi connectivity index (χ4n) is 3.32. The van der Waals surface area contributed by atoms with E-state index < -0.39 is 5.60 Å². The van der Waals surface area contributed by atoms with Crippen LogP contribution in [-0.2, 0) is 20.6 Å². The van der Waals surface area contributed by atoms with Gasteiger partial charge in [0.25, 0.3) is 0 Å². The molecule has 0 radical (unpaired) electrons. The molecule has 1 amide bonds. The van der Waals surface area contributed by atoms with Crippen molar-refractivity contribution in [3.05, 3.63) is 40.4 Å². The Bertz CT molecular complexity index is 711. The number of nitrogens with zero attached hydrogens (tertiary/aromatic N) is 1. The number of halogens is 1. The van der Waals surface area contributed by atoms with Gasteiger partial charge in [-0.05, 0) is 50.0 Å². The standard InChI is InChI=1S/C21H28ClNO4/c1-21(2,3)27-20(24)23-8-11-26-17(14-23)12-15-4-5-18(19(22)13-15)16-6-9-25-10-7-16/h4-6,13,17H,7-12,14H2,1-3H3. The molecule has 0 N–H and O–H groups in total. The number of carbonyl (C=O) groups excluding carboxylic acids is 1. The molecule has 27 heavy (non-hydrogen) atoms. The third-order valence-electron chi connectivity index (χ3n) is 4.60. The highest BCUT2D eigenvalue weighted by molar-refractivity contribution is 6.32. The zero-order valence-corrected chi connectivity index (χ0v) is 17.1.